The van der Waals surface area contributed by atoms with Gasteiger partial charge in [-0.3, -0.25) is 14.4 Å². The molecule has 16 nitrogen and oxygen atoms in total. The van der Waals surface area contributed by atoms with Crippen LogP contribution in [0, 0.1) is 18.7 Å². The summed E-state index contributed by atoms with van der Waals surface area (Å²) in [6.45, 7) is 8.50. The van der Waals surface area contributed by atoms with Crippen molar-refractivity contribution >= 4 is 63.1 Å². The third-order valence-corrected chi connectivity index (χ3v) is 13.6. The molecule has 8 rings (SSSR count). The molecule has 2 aliphatic rings. The maximum Gasteiger partial charge on any atom is 0.255 e. The van der Waals surface area contributed by atoms with E-state index in [1.807, 2.05) is 51.1 Å². The van der Waals surface area contributed by atoms with E-state index in [0.29, 0.717) is 97.6 Å². The molecule has 4 heterocycles. The molecule has 374 valence electrons. The first kappa shape index (κ1) is 50.9. The Balaban J connectivity index is 0.788. The van der Waals surface area contributed by atoms with Gasteiger partial charge in [0.2, 0.25) is 11.8 Å². The van der Waals surface area contributed by atoms with E-state index in [9.17, 15) is 23.9 Å². The van der Waals surface area contributed by atoms with Crippen molar-refractivity contribution < 1.29 is 47.6 Å². The number of benzene rings is 4. The Hall–Kier alpha value is -6.44. The SMILES string of the molecule is COc1cc2ncnc(Nc3ccc(F)c(Cl)c3)c2cc1OCCOCCCOCCCOc1cc(-c2scnc2C)ccc1CNC(=O)[C@@H]1C[C@@H](O)CN1C(=O)[C@H](C(C)C)N1Cc2ccccc2C1=O. The average molecular weight is 1010 g/mol. The average Bonchev–Trinajstić information content (AvgIpc) is 4.08. The number of aryl methyl sites for hydroxylation is 1. The third kappa shape index (κ3) is 12.2. The lowest BCUT2D eigenvalue weighted by Gasteiger charge is -2.35. The number of fused-ring (bicyclic) bond motifs is 2. The molecule has 0 unspecified atom stereocenters. The minimum Gasteiger partial charge on any atom is -0.493 e. The van der Waals surface area contributed by atoms with Gasteiger partial charge in [-0.25, -0.2) is 19.3 Å². The number of anilines is 2. The number of rotatable bonds is 23. The molecule has 19 heteroatoms. The molecule has 3 atom stereocenters. The molecule has 0 saturated carbocycles. The number of nitrogens with zero attached hydrogens (tertiary/aromatic N) is 5. The second kappa shape index (κ2) is 23.6. The molecule has 0 radical (unpaired) electrons. The van der Waals surface area contributed by atoms with Gasteiger partial charge in [-0.1, -0.05) is 55.8 Å². The van der Waals surface area contributed by atoms with Gasteiger partial charge in [0, 0.05) is 80.6 Å². The minimum atomic E-state index is -0.913. The van der Waals surface area contributed by atoms with E-state index in [4.69, 9.17) is 35.3 Å². The highest BCUT2D eigenvalue weighted by atomic mass is 35.5. The van der Waals surface area contributed by atoms with E-state index in [-0.39, 0.29) is 48.9 Å². The molecule has 1 saturated heterocycles. The summed E-state index contributed by atoms with van der Waals surface area (Å²) in [5, 5.41) is 17.6. The van der Waals surface area contributed by atoms with Gasteiger partial charge in [0.15, 0.2) is 11.5 Å². The first-order valence-corrected chi connectivity index (χ1v) is 24.8. The number of ether oxygens (including phenoxy) is 5. The van der Waals surface area contributed by atoms with E-state index in [0.717, 1.165) is 27.3 Å². The standard InChI is InChI=1S/C52H57ClFN7O9S/c1-31(2)47(61-27-35-9-5-6-10-38(35)51(61)64)52(65)60-28-37(62)23-43(60)50(63)55-26-34-12-11-33(48-32(3)58-30-71-48)21-44(34)69-18-8-17-67-15-7-16-68-19-20-70-46-24-39-42(25-45(46)66-4)56-29-57-49(39)59-36-13-14-41(54)40(53)22-36/h5-6,9-14,21-22,24-25,29-31,37,43,47,62H,7-8,15-20,23,26-28H2,1-4H3,(H,55,63)(H,56,57,59)/t37-,43+,47+/m1/s1. The number of β-amino-alcohol motifs (C(OH)–C–C–N with tert-alkyl or cyclic N) is 1. The van der Waals surface area contributed by atoms with Crippen LogP contribution in [0.15, 0.2) is 84.6 Å². The van der Waals surface area contributed by atoms with Gasteiger partial charge in [0.05, 0.1) is 53.0 Å². The van der Waals surface area contributed by atoms with Crippen LogP contribution in [0.4, 0.5) is 15.9 Å². The monoisotopic (exact) mass is 1010 g/mol. The van der Waals surface area contributed by atoms with Gasteiger partial charge in [0.25, 0.3) is 5.91 Å². The van der Waals surface area contributed by atoms with Crippen molar-refractivity contribution in [1.29, 1.82) is 0 Å². The van der Waals surface area contributed by atoms with Crippen molar-refractivity contribution in [1.82, 2.24) is 30.1 Å². The number of thiazole rings is 1. The fraction of sp³-hybridized carbons (Fsp3) is 0.385. The number of aliphatic hydroxyl groups excluding tert-OH is 1. The van der Waals surface area contributed by atoms with Crippen LogP contribution >= 0.6 is 22.9 Å². The summed E-state index contributed by atoms with van der Waals surface area (Å²) >= 11 is 7.51. The van der Waals surface area contributed by atoms with Crippen molar-refractivity contribution in [3.63, 3.8) is 0 Å². The smallest absolute Gasteiger partial charge is 0.255 e. The summed E-state index contributed by atoms with van der Waals surface area (Å²) in [6.07, 6.45) is 1.90. The molecular formula is C52H57ClFN7O9S. The highest BCUT2D eigenvalue weighted by Gasteiger charge is 2.46. The first-order valence-electron chi connectivity index (χ1n) is 23.5. The van der Waals surface area contributed by atoms with Gasteiger partial charge in [-0.05, 0) is 66.8 Å². The largest absolute Gasteiger partial charge is 0.493 e. The van der Waals surface area contributed by atoms with E-state index in [2.05, 4.69) is 25.6 Å². The lowest BCUT2D eigenvalue weighted by molar-refractivity contribution is -0.143. The van der Waals surface area contributed by atoms with Crippen LogP contribution in [-0.2, 0) is 32.2 Å². The number of halogens is 2. The molecule has 0 aliphatic carbocycles. The zero-order chi connectivity index (χ0) is 50.0. The predicted molar refractivity (Wildman–Crippen MR) is 268 cm³/mol. The van der Waals surface area contributed by atoms with Crippen molar-refractivity contribution in [2.45, 2.75) is 71.3 Å². The fourth-order valence-corrected chi connectivity index (χ4v) is 9.76. The third-order valence-electron chi connectivity index (χ3n) is 12.3. The number of aromatic nitrogens is 3. The molecule has 0 bridgehead atoms. The minimum absolute atomic E-state index is 0.00414. The number of amides is 3. The Morgan fingerprint density at radius 2 is 1.69 bits per heavy atom. The Morgan fingerprint density at radius 1 is 0.915 bits per heavy atom. The molecule has 3 N–H and O–H groups in total. The van der Waals surface area contributed by atoms with Crippen molar-refractivity contribution in [2.24, 2.45) is 5.92 Å². The summed E-state index contributed by atoms with van der Waals surface area (Å²) in [6, 6.07) is 19.3. The molecule has 71 heavy (non-hydrogen) atoms. The quantitative estimate of drug-likeness (QED) is 0.0523. The van der Waals surface area contributed by atoms with E-state index >= 15 is 0 Å². The molecule has 2 aromatic heterocycles. The van der Waals surface area contributed by atoms with Gasteiger partial charge >= 0.3 is 0 Å². The van der Waals surface area contributed by atoms with Gasteiger partial charge in [0.1, 0.15) is 42.4 Å². The van der Waals surface area contributed by atoms with Crippen LogP contribution in [-0.4, -0.2) is 119 Å². The van der Waals surface area contributed by atoms with Crippen LogP contribution in [0.5, 0.6) is 17.2 Å². The molecule has 2 aliphatic heterocycles. The fourth-order valence-electron chi connectivity index (χ4n) is 8.78. The molecule has 1 fully saturated rings. The Bertz CT molecular complexity index is 2850. The second-order valence-electron chi connectivity index (χ2n) is 17.6. The summed E-state index contributed by atoms with van der Waals surface area (Å²) in [5.41, 5.74) is 6.99. The van der Waals surface area contributed by atoms with Gasteiger partial charge in [-0.2, -0.15) is 0 Å². The Kier molecular flexibility index (Phi) is 17.0. The first-order chi connectivity index (χ1) is 34.4. The number of likely N-dealkylation sites (tertiary alicyclic amines) is 1. The molecule has 6 aromatic rings. The maximum atomic E-state index is 14.3. The van der Waals surface area contributed by atoms with E-state index in [1.54, 1.807) is 47.9 Å². The Morgan fingerprint density at radius 3 is 2.44 bits per heavy atom. The molecule has 0 spiro atoms. The maximum absolute atomic E-state index is 14.3. The zero-order valence-electron chi connectivity index (χ0n) is 40.0. The van der Waals surface area contributed by atoms with Crippen LogP contribution < -0.4 is 24.8 Å². The number of methoxy groups -OCH3 is 1. The van der Waals surface area contributed by atoms with Crippen molar-refractivity contribution in [2.75, 3.05) is 58.6 Å². The molecular weight excluding hydrogens is 953 g/mol. The lowest BCUT2D eigenvalue weighted by Crippen LogP contribution is -2.55. The summed E-state index contributed by atoms with van der Waals surface area (Å²) < 4.78 is 43.3. The van der Waals surface area contributed by atoms with E-state index in [1.165, 1.54) is 34.7 Å². The number of carbonyl (C=O) groups excluding carboxylic acids is 3. The van der Waals surface area contributed by atoms with Crippen LogP contribution in [0.2, 0.25) is 5.02 Å². The van der Waals surface area contributed by atoms with Gasteiger partial charge in [-0.15, -0.1) is 11.3 Å². The topological polar surface area (TPSA) is 187 Å². The van der Waals surface area contributed by atoms with Crippen LogP contribution in [0.1, 0.15) is 60.3 Å². The zero-order valence-corrected chi connectivity index (χ0v) is 41.6. The van der Waals surface area contributed by atoms with Crippen LogP contribution in [0.25, 0.3) is 21.3 Å². The van der Waals surface area contributed by atoms with E-state index < -0.39 is 29.9 Å². The number of carbonyl (C=O) groups is 3. The lowest BCUT2D eigenvalue weighted by atomic mass is 10.0. The van der Waals surface area contributed by atoms with Crippen molar-refractivity contribution in [3.8, 4) is 27.7 Å². The molecule has 3 amide bonds. The summed E-state index contributed by atoms with van der Waals surface area (Å²) in [4.78, 5) is 58.8. The van der Waals surface area contributed by atoms with Crippen LogP contribution in [0.3, 0.4) is 0 Å². The number of aliphatic hydroxyl groups is 1. The number of hydrogen-bond donors (Lipinski definition) is 3. The van der Waals surface area contributed by atoms with Crippen molar-refractivity contribution in [3.05, 3.63) is 118 Å². The summed E-state index contributed by atoms with van der Waals surface area (Å²) in [5.74, 6) is 0.346. The highest BCUT2D eigenvalue weighted by Crippen LogP contribution is 2.36. The number of hydrogen-bond acceptors (Lipinski definition) is 14. The highest BCUT2D eigenvalue weighted by molar-refractivity contribution is 7.13. The Labute approximate surface area is 420 Å². The molecule has 4 aromatic carbocycles. The summed E-state index contributed by atoms with van der Waals surface area (Å²) in [7, 11) is 1.55. The normalized spacial score (nSPS) is 15.9. The number of nitrogens with one attached hydrogen (secondary N) is 2. The predicted octanol–water partition coefficient (Wildman–Crippen LogP) is 8.14. The second-order valence-corrected chi connectivity index (χ2v) is 18.9. The van der Waals surface area contributed by atoms with Gasteiger partial charge < -0.3 is 49.2 Å².